The van der Waals surface area contributed by atoms with E-state index in [0.29, 0.717) is 29.5 Å². The Labute approximate surface area is 125 Å². The molecule has 0 radical (unpaired) electrons. The number of carbonyl (C=O) groups is 1. The SMILES string of the molecule is CCC(CC)CN(CC)C(=O)c1cc2cc(N)ccc2o1. The van der Waals surface area contributed by atoms with Crippen LogP contribution in [0.25, 0.3) is 11.0 Å². The average molecular weight is 288 g/mol. The van der Waals surface area contributed by atoms with E-state index in [1.165, 1.54) is 0 Å². The number of rotatable bonds is 6. The molecule has 0 fully saturated rings. The highest BCUT2D eigenvalue weighted by Crippen LogP contribution is 2.23. The Morgan fingerprint density at radius 3 is 2.57 bits per heavy atom. The average Bonchev–Trinajstić information content (AvgIpc) is 2.91. The Hall–Kier alpha value is -1.97. The lowest BCUT2D eigenvalue weighted by Crippen LogP contribution is -2.34. The third-order valence-corrected chi connectivity index (χ3v) is 4.05. The van der Waals surface area contributed by atoms with Crippen molar-refractivity contribution in [1.29, 1.82) is 0 Å². The maximum atomic E-state index is 12.6. The van der Waals surface area contributed by atoms with Gasteiger partial charge in [-0.1, -0.05) is 26.7 Å². The minimum Gasteiger partial charge on any atom is -0.451 e. The van der Waals surface area contributed by atoms with Gasteiger partial charge in [-0.3, -0.25) is 4.79 Å². The topological polar surface area (TPSA) is 59.5 Å². The summed E-state index contributed by atoms with van der Waals surface area (Å²) in [6.07, 6.45) is 2.16. The van der Waals surface area contributed by atoms with E-state index in [0.717, 1.165) is 24.8 Å². The summed E-state index contributed by atoms with van der Waals surface area (Å²) < 4.78 is 5.67. The molecule has 1 aromatic heterocycles. The molecule has 1 heterocycles. The van der Waals surface area contributed by atoms with Crippen LogP contribution in [-0.2, 0) is 0 Å². The number of amides is 1. The van der Waals surface area contributed by atoms with Gasteiger partial charge < -0.3 is 15.1 Å². The first-order valence-corrected chi connectivity index (χ1v) is 7.67. The van der Waals surface area contributed by atoms with Gasteiger partial charge in [0.05, 0.1) is 0 Å². The number of nitrogen functional groups attached to an aromatic ring is 1. The molecule has 0 saturated heterocycles. The highest BCUT2D eigenvalue weighted by Gasteiger charge is 2.20. The third kappa shape index (κ3) is 3.38. The van der Waals surface area contributed by atoms with Crippen LogP contribution in [-0.4, -0.2) is 23.9 Å². The summed E-state index contributed by atoms with van der Waals surface area (Å²) in [6, 6.07) is 7.19. The predicted octanol–water partition coefficient (Wildman–Crippen LogP) is 3.91. The second-order valence-corrected chi connectivity index (χ2v) is 5.43. The molecule has 0 aliphatic rings. The van der Waals surface area contributed by atoms with Gasteiger partial charge >= 0.3 is 0 Å². The lowest BCUT2D eigenvalue weighted by atomic mass is 10.0. The molecule has 0 bridgehead atoms. The Morgan fingerprint density at radius 2 is 1.95 bits per heavy atom. The van der Waals surface area contributed by atoms with E-state index in [-0.39, 0.29) is 5.91 Å². The first kappa shape index (κ1) is 15.4. The normalized spacial score (nSPS) is 11.2. The highest BCUT2D eigenvalue weighted by molar-refractivity contribution is 5.96. The summed E-state index contributed by atoms with van der Waals surface area (Å²) >= 11 is 0. The molecule has 1 amide bonds. The van der Waals surface area contributed by atoms with Crippen molar-refractivity contribution in [3.05, 3.63) is 30.0 Å². The van der Waals surface area contributed by atoms with Gasteiger partial charge in [0.2, 0.25) is 0 Å². The highest BCUT2D eigenvalue weighted by atomic mass is 16.3. The van der Waals surface area contributed by atoms with Crippen LogP contribution in [0.4, 0.5) is 5.69 Å². The number of furan rings is 1. The summed E-state index contributed by atoms with van der Waals surface area (Å²) in [5.41, 5.74) is 7.13. The van der Waals surface area contributed by atoms with Gasteiger partial charge in [-0.25, -0.2) is 0 Å². The smallest absolute Gasteiger partial charge is 0.289 e. The molecule has 1 aromatic carbocycles. The second kappa shape index (κ2) is 6.66. The van der Waals surface area contributed by atoms with E-state index >= 15 is 0 Å². The van der Waals surface area contributed by atoms with Gasteiger partial charge in [0.1, 0.15) is 5.58 Å². The molecule has 4 nitrogen and oxygen atoms in total. The molecule has 2 aromatic rings. The quantitative estimate of drug-likeness (QED) is 0.820. The van der Waals surface area contributed by atoms with Gasteiger partial charge in [0.15, 0.2) is 5.76 Å². The van der Waals surface area contributed by atoms with Crippen molar-refractivity contribution in [1.82, 2.24) is 4.90 Å². The Balaban J connectivity index is 2.22. The van der Waals surface area contributed by atoms with Crippen LogP contribution >= 0.6 is 0 Å². The lowest BCUT2D eigenvalue weighted by Gasteiger charge is -2.24. The molecule has 0 aliphatic heterocycles. The zero-order valence-electron chi connectivity index (χ0n) is 13.1. The molecule has 114 valence electrons. The van der Waals surface area contributed by atoms with E-state index in [1.54, 1.807) is 18.2 Å². The van der Waals surface area contributed by atoms with Crippen molar-refractivity contribution in [2.45, 2.75) is 33.6 Å². The number of hydrogen-bond acceptors (Lipinski definition) is 3. The molecule has 0 saturated carbocycles. The summed E-state index contributed by atoms with van der Waals surface area (Å²) in [6.45, 7) is 7.80. The van der Waals surface area contributed by atoms with Crippen molar-refractivity contribution in [2.75, 3.05) is 18.8 Å². The molecule has 2 N–H and O–H groups in total. The number of fused-ring (bicyclic) bond motifs is 1. The van der Waals surface area contributed by atoms with Crippen LogP contribution in [0, 0.1) is 5.92 Å². The van der Waals surface area contributed by atoms with Crippen LogP contribution in [0.5, 0.6) is 0 Å². The van der Waals surface area contributed by atoms with E-state index < -0.39 is 0 Å². The fourth-order valence-corrected chi connectivity index (χ4v) is 2.54. The standard InChI is InChI=1S/C17H24N2O2/c1-4-12(5-2)11-19(6-3)17(20)16-10-13-9-14(18)7-8-15(13)21-16/h7-10,12H,4-6,11,18H2,1-3H3. The van der Waals surface area contributed by atoms with E-state index in [1.807, 2.05) is 17.9 Å². The number of carbonyl (C=O) groups excluding carboxylic acids is 1. The zero-order chi connectivity index (χ0) is 15.4. The molecular formula is C17H24N2O2. The molecule has 4 heteroatoms. The number of hydrogen-bond donors (Lipinski definition) is 1. The maximum Gasteiger partial charge on any atom is 0.289 e. The number of benzene rings is 1. The lowest BCUT2D eigenvalue weighted by molar-refractivity contribution is 0.0705. The molecule has 0 unspecified atom stereocenters. The molecule has 0 aliphatic carbocycles. The molecule has 2 rings (SSSR count). The summed E-state index contributed by atoms with van der Waals surface area (Å²) in [5, 5.41) is 0.872. The van der Waals surface area contributed by atoms with Crippen LogP contribution in [0.3, 0.4) is 0 Å². The van der Waals surface area contributed by atoms with E-state index in [9.17, 15) is 4.79 Å². The summed E-state index contributed by atoms with van der Waals surface area (Å²) in [4.78, 5) is 14.5. The van der Waals surface area contributed by atoms with E-state index in [2.05, 4.69) is 13.8 Å². The van der Waals surface area contributed by atoms with Crippen molar-refractivity contribution < 1.29 is 9.21 Å². The molecule has 21 heavy (non-hydrogen) atoms. The molecular weight excluding hydrogens is 264 g/mol. The van der Waals surface area contributed by atoms with E-state index in [4.69, 9.17) is 10.2 Å². The Kier molecular flexibility index (Phi) is 4.89. The fraction of sp³-hybridized carbons (Fsp3) is 0.471. The molecule has 0 atom stereocenters. The van der Waals surface area contributed by atoms with Gasteiger partial charge in [-0.15, -0.1) is 0 Å². The van der Waals surface area contributed by atoms with Crippen molar-refractivity contribution in [3.8, 4) is 0 Å². The van der Waals surface area contributed by atoms with Gasteiger partial charge in [-0.2, -0.15) is 0 Å². The van der Waals surface area contributed by atoms with Crippen LogP contribution < -0.4 is 5.73 Å². The number of nitrogens with two attached hydrogens (primary N) is 1. The zero-order valence-corrected chi connectivity index (χ0v) is 13.1. The first-order valence-electron chi connectivity index (χ1n) is 7.67. The van der Waals surface area contributed by atoms with Gasteiger partial charge in [-0.05, 0) is 37.1 Å². The van der Waals surface area contributed by atoms with Crippen molar-refractivity contribution >= 4 is 22.6 Å². The minimum atomic E-state index is -0.0424. The van der Waals surface area contributed by atoms with Crippen LogP contribution in [0.15, 0.2) is 28.7 Å². The largest absolute Gasteiger partial charge is 0.451 e. The van der Waals surface area contributed by atoms with Gasteiger partial charge in [0, 0.05) is 24.2 Å². The summed E-state index contributed by atoms with van der Waals surface area (Å²) in [5.74, 6) is 0.886. The fourth-order valence-electron chi connectivity index (χ4n) is 2.54. The Bertz CT molecular complexity index is 614. The van der Waals surface area contributed by atoms with Crippen LogP contribution in [0.1, 0.15) is 44.2 Å². The first-order chi connectivity index (χ1) is 10.1. The second-order valence-electron chi connectivity index (χ2n) is 5.43. The Morgan fingerprint density at radius 1 is 1.24 bits per heavy atom. The molecule has 0 spiro atoms. The third-order valence-electron chi connectivity index (χ3n) is 4.05. The maximum absolute atomic E-state index is 12.6. The van der Waals surface area contributed by atoms with Crippen LogP contribution in [0.2, 0.25) is 0 Å². The van der Waals surface area contributed by atoms with Crippen molar-refractivity contribution in [2.24, 2.45) is 5.92 Å². The number of nitrogens with zero attached hydrogens (tertiary/aromatic N) is 1. The van der Waals surface area contributed by atoms with Crippen molar-refractivity contribution in [3.63, 3.8) is 0 Å². The monoisotopic (exact) mass is 288 g/mol. The summed E-state index contributed by atoms with van der Waals surface area (Å²) in [7, 11) is 0. The predicted molar refractivity (Wildman–Crippen MR) is 86.3 cm³/mol. The minimum absolute atomic E-state index is 0.0424. The van der Waals surface area contributed by atoms with Gasteiger partial charge in [0.25, 0.3) is 5.91 Å². The number of anilines is 1.